The molecule has 0 bridgehead atoms. The van der Waals surface area contributed by atoms with Gasteiger partial charge in [0.25, 0.3) is 0 Å². The minimum atomic E-state index is -0.824. The van der Waals surface area contributed by atoms with Gasteiger partial charge < -0.3 is 15.0 Å². The lowest BCUT2D eigenvalue weighted by atomic mass is 9.92. The summed E-state index contributed by atoms with van der Waals surface area (Å²) in [5.74, 6) is 0.278. The Morgan fingerprint density at radius 1 is 1.30 bits per heavy atom. The summed E-state index contributed by atoms with van der Waals surface area (Å²) in [6.45, 7) is 11.3. The third-order valence-electron chi connectivity index (χ3n) is 3.43. The lowest BCUT2D eigenvalue weighted by molar-refractivity contribution is -0.155. The Labute approximate surface area is 122 Å². The van der Waals surface area contributed by atoms with Crippen molar-refractivity contribution < 1.29 is 14.3 Å². The fraction of sp³-hybridized carbons (Fsp3) is 0.867. The van der Waals surface area contributed by atoms with Crippen molar-refractivity contribution in [3.05, 3.63) is 0 Å². The number of hydrogen-bond donors (Lipinski definition) is 1. The first-order valence-corrected chi connectivity index (χ1v) is 7.50. The summed E-state index contributed by atoms with van der Waals surface area (Å²) < 4.78 is 5.47. The molecule has 1 rings (SSSR count). The maximum absolute atomic E-state index is 12.5. The van der Waals surface area contributed by atoms with Crippen LogP contribution in [-0.4, -0.2) is 48.1 Å². The molecule has 1 unspecified atom stereocenters. The molecule has 0 aliphatic carbocycles. The summed E-state index contributed by atoms with van der Waals surface area (Å²) in [6.07, 6.45) is 1.64. The van der Waals surface area contributed by atoms with E-state index in [0.717, 1.165) is 6.42 Å². The fourth-order valence-corrected chi connectivity index (χ4v) is 2.43. The van der Waals surface area contributed by atoms with Gasteiger partial charge in [-0.1, -0.05) is 20.8 Å². The van der Waals surface area contributed by atoms with Gasteiger partial charge in [-0.15, -0.1) is 0 Å². The van der Waals surface area contributed by atoms with Crippen LogP contribution in [0.15, 0.2) is 0 Å². The lowest BCUT2D eigenvalue weighted by Gasteiger charge is -2.43. The number of amides is 2. The van der Waals surface area contributed by atoms with E-state index in [-0.39, 0.29) is 17.9 Å². The van der Waals surface area contributed by atoms with Crippen LogP contribution in [0.2, 0.25) is 0 Å². The predicted octanol–water partition coefficient (Wildman–Crippen LogP) is 1.56. The van der Waals surface area contributed by atoms with Crippen LogP contribution in [0.4, 0.5) is 0 Å². The molecule has 0 aromatic carbocycles. The number of piperazine rings is 1. The molecule has 20 heavy (non-hydrogen) atoms. The monoisotopic (exact) mass is 284 g/mol. The minimum absolute atomic E-state index is 0.0251. The summed E-state index contributed by atoms with van der Waals surface area (Å²) in [4.78, 5) is 26.4. The molecule has 116 valence electrons. The van der Waals surface area contributed by atoms with Gasteiger partial charge in [0.2, 0.25) is 11.8 Å². The molecule has 1 saturated heterocycles. The van der Waals surface area contributed by atoms with E-state index in [1.54, 1.807) is 18.7 Å². The maximum atomic E-state index is 12.5. The van der Waals surface area contributed by atoms with Crippen LogP contribution >= 0.6 is 0 Å². The van der Waals surface area contributed by atoms with E-state index in [1.165, 1.54) is 0 Å². The first-order chi connectivity index (χ1) is 9.29. The molecule has 2 amide bonds. The molecule has 5 heteroatoms. The maximum Gasteiger partial charge on any atom is 0.248 e. The normalized spacial score (nSPS) is 22.3. The van der Waals surface area contributed by atoms with E-state index in [0.29, 0.717) is 32.1 Å². The van der Waals surface area contributed by atoms with Crippen molar-refractivity contribution in [2.75, 3.05) is 19.8 Å². The topological polar surface area (TPSA) is 58.6 Å². The summed E-state index contributed by atoms with van der Waals surface area (Å²) in [7, 11) is 0. The Morgan fingerprint density at radius 2 is 1.95 bits per heavy atom. The van der Waals surface area contributed by atoms with Gasteiger partial charge in [0.05, 0.1) is 6.61 Å². The number of rotatable bonds is 7. The Hall–Kier alpha value is -1.10. The van der Waals surface area contributed by atoms with Crippen LogP contribution in [0, 0.1) is 5.92 Å². The van der Waals surface area contributed by atoms with Crippen LogP contribution in [0.3, 0.4) is 0 Å². The molecule has 5 nitrogen and oxygen atoms in total. The molecule has 1 heterocycles. The summed E-state index contributed by atoms with van der Waals surface area (Å²) >= 11 is 0. The molecule has 1 atom stereocenters. The molecule has 1 aliphatic rings. The van der Waals surface area contributed by atoms with Crippen molar-refractivity contribution >= 4 is 11.8 Å². The van der Waals surface area contributed by atoms with Crippen LogP contribution < -0.4 is 5.32 Å². The van der Waals surface area contributed by atoms with Gasteiger partial charge >= 0.3 is 0 Å². The van der Waals surface area contributed by atoms with Crippen molar-refractivity contribution in [2.24, 2.45) is 5.92 Å². The highest BCUT2D eigenvalue weighted by Crippen LogP contribution is 2.22. The Balaban J connectivity index is 2.77. The van der Waals surface area contributed by atoms with Crippen molar-refractivity contribution in [3.8, 4) is 0 Å². The molecule has 1 N–H and O–H groups in total. The Morgan fingerprint density at radius 3 is 2.50 bits per heavy atom. The standard InChI is InChI=1S/C15H28N2O3/c1-6-8-20-9-7-17-12(10-11(2)3)13(18)16-15(4,5)14(17)19/h11-12H,6-10H2,1-5H3,(H,16,18). The highest BCUT2D eigenvalue weighted by Gasteiger charge is 2.44. The van der Waals surface area contributed by atoms with Crippen molar-refractivity contribution in [3.63, 3.8) is 0 Å². The highest BCUT2D eigenvalue weighted by molar-refractivity contribution is 5.99. The second-order valence-corrected chi connectivity index (χ2v) is 6.37. The first-order valence-electron chi connectivity index (χ1n) is 7.50. The number of nitrogens with zero attached hydrogens (tertiary/aromatic N) is 1. The van der Waals surface area contributed by atoms with Gasteiger partial charge in [-0.05, 0) is 32.6 Å². The predicted molar refractivity (Wildman–Crippen MR) is 78.3 cm³/mol. The van der Waals surface area contributed by atoms with Crippen molar-refractivity contribution in [1.82, 2.24) is 10.2 Å². The number of carbonyl (C=O) groups is 2. The van der Waals surface area contributed by atoms with Crippen molar-refractivity contribution in [2.45, 2.75) is 59.0 Å². The third-order valence-corrected chi connectivity index (χ3v) is 3.43. The summed E-state index contributed by atoms with van der Waals surface area (Å²) in [6, 6.07) is -0.374. The zero-order chi connectivity index (χ0) is 15.3. The molecular weight excluding hydrogens is 256 g/mol. The van der Waals surface area contributed by atoms with Gasteiger partial charge in [-0.3, -0.25) is 9.59 Å². The molecule has 0 saturated carbocycles. The zero-order valence-corrected chi connectivity index (χ0v) is 13.4. The molecular formula is C15H28N2O3. The Kier molecular flexibility index (Phi) is 5.99. The zero-order valence-electron chi connectivity index (χ0n) is 13.4. The van der Waals surface area contributed by atoms with E-state index in [4.69, 9.17) is 4.74 Å². The van der Waals surface area contributed by atoms with Gasteiger partial charge in [0.15, 0.2) is 0 Å². The second kappa shape index (κ2) is 7.07. The van der Waals surface area contributed by atoms with Gasteiger partial charge in [-0.25, -0.2) is 0 Å². The number of carbonyl (C=O) groups excluding carboxylic acids is 2. The van der Waals surface area contributed by atoms with Crippen LogP contribution in [0.1, 0.15) is 47.5 Å². The van der Waals surface area contributed by atoms with E-state index in [1.807, 2.05) is 6.92 Å². The van der Waals surface area contributed by atoms with Crippen molar-refractivity contribution in [1.29, 1.82) is 0 Å². The number of nitrogens with one attached hydrogen (secondary N) is 1. The van der Waals surface area contributed by atoms with Gasteiger partial charge in [0.1, 0.15) is 11.6 Å². The SMILES string of the molecule is CCCOCCN1C(=O)C(C)(C)NC(=O)C1CC(C)C. The smallest absolute Gasteiger partial charge is 0.248 e. The molecule has 0 aromatic rings. The molecule has 1 aliphatic heterocycles. The lowest BCUT2D eigenvalue weighted by Crippen LogP contribution is -2.68. The van der Waals surface area contributed by atoms with Crippen LogP contribution in [0.5, 0.6) is 0 Å². The second-order valence-electron chi connectivity index (χ2n) is 6.37. The minimum Gasteiger partial charge on any atom is -0.380 e. The van der Waals surface area contributed by atoms with Gasteiger partial charge in [0, 0.05) is 13.2 Å². The highest BCUT2D eigenvalue weighted by atomic mass is 16.5. The van der Waals surface area contributed by atoms with E-state index >= 15 is 0 Å². The largest absolute Gasteiger partial charge is 0.380 e. The summed E-state index contributed by atoms with van der Waals surface area (Å²) in [5.41, 5.74) is -0.824. The summed E-state index contributed by atoms with van der Waals surface area (Å²) in [5, 5.41) is 2.82. The van der Waals surface area contributed by atoms with E-state index in [2.05, 4.69) is 19.2 Å². The number of ether oxygens (including phenoxy) is 1. The third kappa shape index (κ3) is 4.20. The molecule has 0 aromatic heterocycles. The number of hydrogen-bond acceptors (Lipinski definition) is 3. The van der Waals surface area contributed by atoms with E-state index < -0.39 is 5.54 Å². The quantitative estimate of drug-likeness (QED) is 0.722. The van der Waals surface area contributed by atoms with Gasteiger partial charge in [-0.2, -0.15) is 0 Å². The fourth-order valence-electron chi connectivity index (χ4n) is 2.43. The average Bonchev–Trinajstić information content (AvgIpc) is 2.34. The molecule has 0 radical (unpaired) electrons. The molecule has 0 spiro atoms. The van der Waals surface area contributed by atoms with E-state index in [9.17, 15) is 9.59 Å². The van der Waals surface area contributed by atoms with Crippen LogP contribution in [-0.2, 0) is 14.3 Å². The first kappa shape index (κ1) is 17.0. The van der Waals surface area contributed by atoms with Crippen LogP contribution in [0.25, 0.3) is 0 Å². The Bertz CT molecular complexity index is 353. The molecule has 1 fully saturated rings. The average molecular weight is 284 g/mol.